The number of ether oxygens (including phenoxy) is 4. The van der Waals surface area contributed by atoms with Crippen LogP contribution >= 0.6 is 0 Å². The van der Waals surface area contributed by atoms with E-state index in [1.807, 2.05) is 25.3 Å². The normalized spacial score (nSPS) is 11.9. The molecule has 1 atom stereocenters. The summed E-state index contributed by atoms with van der Waals surface area (Å²) >= 11 is 0. The molecule has 0 amide bonds. The van der Waals surface area contributed by atoms with Crippen LogP contribution in [0.2, 0.25) is 0 Å². The van der Waals surface area contributed by atoms with Gasteiger partial charge in [-0.05, 0) is 130 Å². The smallest absolute Gasteiger partial charge is 0.542 e. The van der Waals surface area contributed by atoms with Crippen LogP contribution in [0.4, 0.5) is 4.79 Å². The van der Waals surface area contributed by atoms with Crippen LogP contribution in [0, 0.1) is 37.5 Å². The van der Waals surface area contributed by atoms with E-state index in [0.29, 0.717) is 32.3 Å². The molecule has 0 N–H and O–H groups in total. The molecule has 0 saturated carbocycles. The average molecular weight is 1220 g/mol. The van der Waals surface area contributed by atoms with E-state index in [1.165, 1.54) is 128 Å². The Balaban J connectivity index is -0.00000142. The standard InChI is InChI=1S/C39H67O4.C22H42NO4.U/c1-3-5-7-9-11-13-15-17-19-21-23-25-27-29-31-34-38(40)42-36-33-37-43-39(41)35-32-30-28-26-24-22-20-18-16-14-12-10-8-6-4-2;1-4-5-6-7-8-9-10-11-12-13-16-21(17-14-19-24)27-22(25)26-20-15-18-23(2)3;/h11-14,17-20,33H,3-10,15-16,21-32,34-37H2,1-2H3;21H,4-18,20H2,1-3H3;/q2*-1;+2/b13-11-,14-12-,19-17-,20-18-;;. The predicted octanol–water partition coefficient (Wildman–Crippen LogP) is 17.6. The van der Waals surface area contributed by atoms with E-state index < -0.39 is 6.16 Å². The molecule has 71 heavy (non-hydrogen) atoms. The van der Waals surface area contributed by atoms with Crippen LogP contribution in [0.5, 0.6) is 0 Å². The quantitative estimate of drug-likeness (QED) is 0.0193. The van der Waals surface area contributed by atoms with Crippen molar-refractivity contribution in [2.75, 3.05) is 40.5 Å². The van der Waals surface area contributed by atoms with Gasteiger partial charge in [0.1, 0.15) is 6.10 Å². The van der Waals surface area contributed by atoms with Gasteiger partial charge in [-0.3, -0.25) is 22.3 Å². The fraction of sp³-hybridized carbons (Fsp3) is 0.787. The van der Waals surface area contributed by atoms with Crippen LogP contribution in [0.3, 0.4) is 0 Å². The number of nitrogens with zero attached hydrogens (tertiary/aromatic N) is 1. The molecule has 0 bridgehead atoms. The predicted molar refractivity (Wildman–Crippen MR) is 296 cm³/mol. The number of carbonyl (C=O) groups is 3. The summed E-state index contributed by atoms with van der Waals surface area (Å²) in [6.45, 7) is 8.37. The van der Waals surface area contributed by atoms with Crippen molar-refractivity contribution in [2.45, 2.75) is 271 Å². The largest absolute Gasteiger partial charge is 2.00 e. The Labute approximate surface area is 462 Å². The monoisotopic (exact) mass is 1220 g/mol. The zero-order valence-electron chi connectivity index (χ0n) is 46.7. The average Bonchev–Trinajstić information content (AvgIpc) is 3.35. The number of rotatable bonds is 51. The van der Waals surface area contributed by atoms with E-state index in [-0.39, 0.29) is 62.4 Å². The Morgan fingerprint density at radius 3 is 1.28 bits per heavy atom. The maximum atomic E-state index is 11.9. The third-order valence-electron chi connectivity index (χ3n) is 12.1. The topological polar surface area (TPSA) is 108 Å². The number of esters is 2. The van der Waals surface area contributed by atoms with E-state index in [0.717, 1.165) is 96.4 Å². The Morgan fingerprint density at radius 1 is 0.479 bits per heavy atom. The molecule has 0 aliphatic carbocycles. The van der Waals surface area contributed by atoms with Gasteiger partial charge in [-0.2, -0.15) is 0 Å². The summed E-state index contributed by atoms with van der Waals surface area (Å²) < 4.78 is 21.0. The van der Waals surface area contributed by atoms with Crippen molar-refractivity contribution in [2.24, 2.45) is 0 Å². The van der Waals surface area contributed by atoms with Gasteiger partial charge in [0.25, 0.3) is 0 Å². The van der Waals surface area contributed by atoms with Gasteiger partial charge in [0.2, 0.25) is 0 Å². The van der Waals surface area contributed by atoms with Crippen molar-refractivity contribution < 1.29 is 69.2 Å². The molecule has 10 heteroatoms. The summed E-state index contributed by atoms with van der Waals surface area (Å²) in [5, 5.41) is 0. The van der Waals surface area contributed by atoms with Crippen molar-refractivity contribution in [1.29, 1.82) is 0 Å². The first-order chi connectivity index (χ1) is 34.3. The van der Waals surface area contributed by atoms with Gasteiger partial charge in [0.15, 0.2) is 0 Å². The molecule has 410 valence electrons. The fourth-order valence-electron chi connectivity index (χ4n) is 7.71. The summed E-state index contributed by atoms with van der Waals surface area (Å²) in [4.78, 5) is 48.1. The Bertz CT molecular complexity index is 1190. The van der Waals surface area contributed by atoms with Crippen LogP contribution in [-0.4, -0.2) is 75.8 Å². The Hall–Kier alpha value is -2.15. The molecule has 0 aromatic carbocycles. The van der Waals surface area contributed by atoms with Crippen LogP contribution < -0.4 is 0 Å². The molecule has 0 aliphatic heterocycles. The van der Waals surface area contributed by atoms with Crippen molar-refractivity contribution in [3.05, 3.63) is 55.0 Å². The van der Waals surface area contributed by atoms with Gasteiger partial charge in [-0.15, -0.1) is 6.42 Å². The molecular formula is C61H109NO8U. The molecule has 0 radical (unpaired) electrons. The zero-order valence-corrected chi connectivity index (χ0v) is 50.8. The molecule has 1 unspecified atom stereocenters. The van der Waals surface area contributed by atoms with E-state index in [2.05, 4.69) is 69.4 Å². The number of carbonyl (C=O) groups excluding carboxylic acids is 4. The van der Waals surface area contributed by atoms with E-state index in [9.17, 15) is 19.2 Å². The molecule has 0 aromatic rings. The van der Waals surface area contributed by atoms with Crippen molar-refractivity contribution in [3.63, 3.8) is 0 Å². The minimum absolute atomic E-state index is 0. The molecule has 0 fully saturated rings. The summed E-state index contributed by atoms with van der Waals surface area (Å²) in [7, 11) is 3.97. The minimum Gasteiger partial charge on any atom is -0.542 e. The van der Waals surface area contributed by atoms with E-state index >= 15 is 0 Å². The molecule has 0 rings (SSSR count). The third-order valence-corrected chi connectivity index (χ3v) is 12.1. The molecule has 0 aliphatic rings. The second-order valence-electron chi connectivity index (χ2n) is 19.3. The van der Waals surface area contributed by atoms with E-state index in [4.69, 9.17) is 18.9 Å². The SMILES string of the molecule is CCCCC/C=C\C/C=C\CCCCCCCC(=O)OC[CH-]COC(=O)CCCCCCC/C=C\C/C=C\CCCCC.CCCCCCCCCCCCC(CC[C-]=O)OC(=O)OCCCN(C)C.[U+2]. The Morgan fingerprint density at radius 2 is 0.859 bits per heavy atom. The van der Waals surface area contributed by atoms with Gasteiger partial charge in [0, 0.05) is 19.4 Å². The number of hydrogen-bond donors (Lipinski definition) is 0. The third kappa shape index (κ3) is 65.8. The first kappa shape index (κ1) is 73.1. The molecular weight excluding hydrogens is 1110 g/mol. The van der Waals surface area contributed by atoms with Crippen molar-refractivity contribution in [1.82, 2.24) is 4.90 Å². The van der Waals surface area contributed by atoms with Crippen LogP contribution in [0.25, 0.3) is 0 Å². The van der Waals surface area contributed by atoms with Crippen LogP contribution in [0.15, 0.2) is 48.6 Å². The van der Waals surface area contributed by atoms with Crippen LogP contribution in [0.1, 0.15) is 265 Å². The van der Waals surface area contributed by atoms with Gasteiger partial charge in [-0.25, -0.2) is 4.79 Å². The molecule has 0 aromatic heterocycles. The summed E-state index contributed by atoms with van der Waals surface area (Å²) in [6, 6.07) is 0. The second kappa shape index (κ2) is 64.0. The number of hydrogen-bond acceptors (Lipinski definition) is 9. The molecule has 0 spiro atoms. The van der Waals surface area contributed by atoms with Crippen molar-refractivity contribution in [3.8, 4) is 0 Å². The molecule has 0 heterocycles. The number of allylic oxidation sites excluding steroid dienone is 8. The molecule has 0 saturated heterocycles. The summed E-state index contributed by atoms with van der Waals surface area (Å²) in [5.74, 6) is -0.336. The molecule has 9 nitrogen and oxygen atoms in total. The minimum atomic E-state index is -0.614. The maximum absolute atomic E-state index is 11.9. The second-order valence-corrected chi connectivity index (χ2v) is 19.3. The zero-order chi connectivity index (χ0) is 51.5. The van der Waals surface area contributed by atoms with Gasteiger partial charge < -0.3 is 28.6 Å². The van der Waals surface area contributed by atoms with Gasteiger partial charge in [-0.1, -0.05) is 191 Å². The summed E-state index contributed by atoms with van der Waals surface area (Å²) in [6.07, 6.45) is 62.8. The van der Waals surface area contributed by atoms with Gasteiger partial charge in [0.05, 0.1) is 6.61 Å². The first-order valence-corrected chi connectivity index (χ1v) is 28.9. The first-order valence-electron chi connectivity index (χ1n) is 28.9. The van der Waals surface area contributed by atoms with E-state index in [1.54, 1.807) is 6.42 Å². The summed E-state index contributed by atoms with van der Waals surface area (Å²) in [5.41, 5.74) is 0. The Kier molecular flexibility index (Phi) is 65.9. The van der Waals surface area contributed by atoms with Crippen LogP contribution in [-0.2, 0) is 33.3 Å². The van der Waals surface area contributed by atoms with Crippen molar-refractivity contribution >= 4 is 24.4 Å². The number of unbranched alkanes of at least 4 members (excludes halogenated alkanes) is 25. The fourth-order valence-corrected chi connectivity index (χ4v) is 7.71. The van der Waals surface area contributed by atoms with Gasteiger partial charge >= 0.3 is 49.2 Å². The maximum Gasteiger partial charge on any atom is 2.00 e.